The predicted octanol–water partition coefficient (Wildman–Crippen LogP) is 17.3. The third kappa shape index (κ3) is 8.49. The minimum Gasteiger partial charge on any atom is -0.509 e. The Morgan fingerprint density at radius 3 is 1.93 bits per heavy atom. The fourth-order valence-electron chi connectivity index (χ4n) is 10.1. The Hall–Kier alpha value is -7.27. The van der Waals surface area contributed by atoms with Crippen molar-refractivity contribution in [2.75, 3.05) is 9.80 Å². The second-order valence-corrected chi connectivity index (χ2v) is 18.9. The fourth-order valence-corrected chi connectivity index (χ4v) is 10.1. The standard InChI is InChI=1S/C63H52FN4O.Pt/c1-39(2)55-34-47(45-21-23-49(64)24-22-45)35-56(40(3)4)63(55)67-38-66(58-27-20-41(5)29-60(58)67)50-32-48(62-42(6)30-46(31-43(62)7)44-15-9-8-10-16-44)33-52(36-50)69-51-25-26-54-53-17-11-12-18-57(53)68(59(54)37-51)61-19-13-14-28-65-61;/h8-35,38-40H,1-7H3;/q-3;. The van der Waals surface area contributed by atoms with E-state index in [4.69, 9.17) is 9.72 Å². The van der Waals surface area contributed by atoms with Crippen molar-refractivity contribution in [2.45, 2.75) is 60.3 Å². The Kier molecular flexibility index (Phi) is 12.5. The van der Waals surface area contributed by atoms with Crippen LogP contribution in [0, 0.1) is 45.4 Å². The van der Waals surface area contributed by atoms with Gasteiger partial charge in [-0.25, -0.2) is 9.37 Å². The molecule has 2 aromatic heterocycles. The van der Waals surface area contributed by atoms with E-state index in [2.05, 4.69) is 197 Å². The summed E-state index contributed by atoms with van der Waals surface area (Å²) in [5.74, 6) is 2.10. The molecule has 0 saturated carbocycles. The number of hydrogen-bond donors (Lipinski definition) is 0. The van der Waals surface area contributed by atoms with Gasteiger partial charge in [0.1, 0.15) is 11.6 Å². The van der Waals surface area contributed by atoms with E-state index in [1.165, 1.54) is 22.3 Å². The van der Waals surface area contributed by atoms with Gasteiger partial charge in [0.15, 0.2) is 0 Å². The molecule has 70 heavy (non-hydrogen) atoms. The van der Waals surface area contributed by atoms with Crippen LogP contribution < -0.4 is 14.5 Å². The van der Waals surface area contributed by atoms with E-state index in [1.54, 1.807) is 12.1 Å². The predicted molar refractivity (Wildman–Crippen MR) is 283 cm³/mol. The first-order chi connectivity index (χ1) is 33.5. The average Bonchev–Trinajstić information content (AvgIpc) is 3.89. The molecule has 0 aliphatic carbocycles. The SMILES string of the molecule is Cc1ccc2c(c1)N(c1c(C(C)C)cc(-c3ccc(F)cc3)cc1C(C)C)[CH-]N2c1[c-]c(Oc2[c-]c3c(cc2)c2ccccc2n3-c2ccccn2)cc(-c2c(C)cc(-c3ccccc3)cc2C)c1.[Pt]. The number of pyridine rings is 1. The maximum Gasteiger partial charge on any atom is 0.135 e. The summed E-state index contributed by atoms with van der Waals surface area (Å²) in [7, 11) is 0. The first-order valence-corrected chi connectivity index (χ1v) is 23.8. The molecule has 8 aromatic carbocycles. The summed E-state index contributed by atoms with van der Waals surface area (Å²) in [6.45, 7) is 17.8. The van der Waals surface area contributed by atoms with E-state index in [0.29, 0.717) is 11.5 Å². The smallest absolute Gasteiger partial charge is 0.135 e. The van der Waals surface area contributed by atoms with E-state index < -0.39 is 0 Å². The molecule has 0 unspecified atom stereocenters. The molecule has 11 rings (SSSR count). The first-order valence-electron chi connectivity index (χ1n) is 23.8. The van der Waals surface area contributed by atoms with Crippen molar-refractivity contribution in [3.8, 4) is 50.7 Å². The van der Waals surface area contributed by atoms with Gasteiger partial charge in [0.25, 0.3) is 0 Å². The summed E-state index contributed by atoms with van der Waals surface area (Å²) in [4.78, 5) is 9.37. The van der Waals surface area contributed by atoms with Crippen molar-refractivity contribution in [2.24, 2.45) is 0 Å². The number of fused-ring (bicyclic) bond motifs is 4. The van der Waals surface area contributed by atoms with Crippen molar-refractivity contribution in [1.82, 2.24) is 9.55 Å². The molecule has 0 saturated heterocycles. The number of aryl methyl sites for hydroxylation is 3. The molecule has 0 N–H and O–H groups in total. The van der Waals surface area contributed by atoms with Crippen LogP contribution >= 0.6 is 0 Å². The van der Waals surface area contributed by atoms with Gasteiger partial charge >= 0.3 is 0 Å². The number of nitrogens with zero attached hydrogens (tertiary/aromatic N) is 4. The molecule has 5 nitrogen and oxygen atoms in total. The molecule has 0 fully saturated rings. The van der Waals surface area contributed by atoms with Gasteiger partial charge in [-0.2, -0.15) is 6.07 Å². The van der Waals surface area contributed by atoms with Gasteiger partial charge in [-0.05, 0) is 148 Å². The van der Waals surface area contributed by atoms with Crippen LogP contribution in [-0.4, -0.2) is 9.55 Å². The van der Waals surface area contributed by atoms with E-state index in [-0.39, 0.29) is 38.7 Å². The van der Waals surface area contributed by atoms with Crippen molar-refractivity contribution in [3.05, 3.63) is 222 Å². The van der Waals surface area contributed by atoms with Gasteiger partial charge in [0, 0.05) is 61.3 Å². The van der Waals surface area contributed by atoms with Crippen LogP contribution in [0.3, 0.4) is 0 Å². The van der Waals surface area contributed by atoms with Crippen LogP contribution in [0.5, 0.6) is 11.5 Å². The number of para-hydroxylation sites is 1. The zero-order valence-corrected chi connectivity index (χ0v) is 42.6. The molecule has 0 atom stereocenters. The summed E-state index contributed by atoms with van der Waals surface area (Å²) in [5.41, 5.74) is 18.6. The van der Waals surface area contributed by atoms with Crippen LogP contribution in [0.15, 0.2) is 170 Å². The summed E-state index contributed by atoms with van der Waals surface area (Å²) in [6, 6.07) is 63.4. The monoisotopic (exact) mass is 1090 g/mol. The molecule has 0 amide bonds. The number of hydrogen-bond acceptors (Lipinski definition) is 4. The van der Waals surface area contributed by atoms with E-state index in [1.807, 2.05) is 42.6 Å². The van der Waals surface area contributed by atoms with Gasteiger partial charge in [0.2, 0.25) is 0 Å². The van der Waals surface area contributed by atoms with Crippen LogP contribution in [0.25, 0.3) is 61.0 Å². The number of anilines is 4. The summed E-state index contributed by atoms with van der Waals surface area (Å²) in [5, 5.41) is 2.19. The molecule has 0 radical (unpaired) electrons. The van der Waals surface area contributed by atoms with Crippen molar-refractivity contribution < 1.29 is 30.2 Å². The van der Waals surface area contributed by atoms with Crippen molar-refractivity contribution >= 4 is 44.6 Å². The molecule has 1 aliphatic rings. The molecule has 1 aliphatic heterocycles. The summed E-state index contributed by atoms with van der Waals surface area (Å²) >= 11 is 0. The third-order valence-corrected chi connectivity index (χ3v) is 13.4. The van der Waals surface area contributed by atoms with Crippen LogP contribution in [0.1, 0.15) is 67.3 Å². The third-order valence-electron chi connectivity index (χ3n) is 13.4. The quantitative estimate of drug-likeness (QED) is 0.128. The molecule has 0 spiro atoms. The van der Waals surface area contributed by atoms with Gasteiger partial charge in [0.05, 0.1) is 0 Å². The van der Waals surface area contributed by atoms with Crippen molar-refractivity contribution in [1.29, 1.82) is 0 Å². The maximum atomic E-state index is 14.1. The Labute approximate surface area is 425 Å². The van der Waals surface area contributed by atoms with E-state index >= 15 is 0 Å². The zero-order chi connectivity index (χ0) is 47.5. The number of ether oxygens (including phenoxy) is 1. The topological polar surface area (TPSA) is 33.5 Å². The van der Waals surface area contributed by atoms with Crippen LogP contribution in [0.2, 0.25) is 0 Å². The fraction of sp³-hybridized carbons (Fsp3) is 0.143. The molecule has 350 valence electrons. The summed E-state index contributed by atoms with van der Waals surface area (Å²) in [6.07, 6.45) is 1.82. The van der Waals surface area contributed by atoms with E-state index in [9.17, 15) is 4.39 Å². The van der Waals surface area contributed by atoms with Gasteiger partial charge in [-0.15, -0.1) is 53.6 Å². The molecular formula is C63H52FN4OPt-3. The molecule has 10 aromatic rings. The van der Waals surface area contributed by atoms with Gasteiger partial charge in [-0.1, -0.05) is 118 Å². The normalized spacial score (nSPS) is 12.3. The Bertz CT molecular complexity index is 3510. The Morgan fingerprint density at radius 2 is 1.23 bits per heavy atom. The number of halogens is 1. The van der Waals surface area contributed by atoms with Crippen molar-refractivity contribution in [3.63, 3.8) is 0 Å². The van der Waals surface area contributed by atoms with Crippen LogP contribution in [-0.2, 0) is 21.1 Å². The zero-order valence-electron chi connectivity index (χ0n) is 40.3. The largest absolute Gasteiger partial charge is 0.509 e. The number of benzene rings is 8. The van der Waals surface area contributed by atoms with Gasteiger partial charge < -0.3 is 19.1 Å². The summed E-state index contributed by atoms with van der Waals surface area (Å²) < 4.78 is 23.3. The molecular weight excluding hydrogens is 1040 g/mol. The minimum atomic E-state index is -0.241. The maximum absolute atomic E-state index is 14.1. The number of aromatic nitrogens is 2. The minimum absolute atomic E-state index is 0. The second kappa shape index (κ2) is 18.9. The Morgan fingerprint density at radius 1 is 0.557 bits per heavy atom. The molecule has 7 heteroatoms. The Balaban J connectivity index is 0.00000567. The molecule has 0 bridgehead atoms. The second-order valence-electron chi connectivity index (χ2n) is 18.9. The van der Waals surface area contributed by atoms with Gasteiger partial charge in [-0.3, -0.25) is 0 Å². The van der Waals surface area contributed by atoms with Crippen LogP contribution in [0.4, 0.5) is 27.1 Å². The average molecular weight is 1100 g/mol. The first kappa shape index (κ1) is 46.5. The van der Waals surface area contributed by atoms with E-state index in [0.717, 1.165) is 89.3 Å². The number of rotatable bonds is 10. The molecule has 3 heterocycles.